The van der Waals surface area contributed by atoms with Crippen LogP contribution in [-0.2, 0) is 4.74 Å². The van der Waals surface area contributed by atoms with Crippen molar-refractivity contribution in [2.45, 2.75) is 37.3 Å². The van der Waals surface area contributed by atoms with Crippen LogP contribution in [0.1, 0.15) is 30.7 Å². The van der Waals surface area contributed by atoms with Gasteiger partial charge >= 0.3 is 6.03 Å². The van der Waals surface area contributed by atoms with Gasteiger partial charge in [0, 0.05) is 30.1 Å². The Bertz CT molecular complexity index is 550. The molecule has 2 aliphatic carbocycles. The molecule has 3 rings (SSSR count). The van der Waals surface area contributed by atoms with Crippen LogP contribution in [0.5, 0.6) is 0 Å². The van der Waals surface area contributed by atoms with Gasteiger partial charge in [-0.05, 0) is 42.9 Å². The van der Waals surface area contributed by atoms with E-state index in [1.165, 1.54) is 12.8 Å². The van der Waals surface area contributed by atoms with Crippen molar-refractivity contribution in [2.24, 2.45) is 5.92 Å². The van der Waals surface area contributed by atoms with Crippen molar-refractivity contribution in [2.75, 3.05) is 19.8 Å². The summed E-state index contributed by atoms with van der Waals surface area (Å²) in [7, 11) is 0. The molecule has 3 N–H and O–H groups in total. The number of hydrogen-bond donors (Lipinski definition) is 3. The van der Waals surface area contributed by atoms with Crippen molar-refractivity contribution in [3.63, 3.8) is 0 Å². The maximum atomic E-state index is 11.8. The molecule has 6 heteroatoms. The predicted octanol–water partition coefficient (Wildman–Crippen LogP) is 2.28. The molecule has 2 aliphatic rings. The summed E-state index contributed by atoms with van der Waals surface area (Å²) in [6.07, 6.45) is 2.71. The van der Waals surface area contributed by atoms with Crippen LogP contribution in [-0.4, -0.2) is 43.0 Å². The van der Waals surface area contributed by atoms with E-state index in [0.29, 0.717) is 23.5 Å². The molecule has 0 aliphatic heterocycles. The minimum absolute atomic E-state index is 0.136. The van der Waals surface area contributed by atoms with Gasteiger partial charge in [0.15, 0.2) is 0 Å². The van der Waals surface area contributed by atoms with Crippen molar-refractivity contribution in [1.29, 1.82) is 0 Å². The molecule has 23 heavy (non-hydrogen) atoms. The second-order valence-corrected chi connectivity index (χ2v) is 6.93. The maximum Gasteiger partial charge on any atom is 0.315 e. The predicted molar refractivity (Wildman–Crippen MR) is 88.7 cm³/mol. The van der Waals surface area contributed by atoms with Crippen LogP contribution in [0.2, 0.25) is 5.02 Å². The van der Waals surface area contributed by atoms with Gasteiger partial charge in [0.1, 0.15) is 0 Å². The lowest BCUT2D eigenvalue weighted by Gasteiger charge is -2.13. The Morgan fingerprint density at radius 3 is 3.00 bits per heavy atom. The van der Waals surface area contributed by atoms with Crippen LogP contribution in [0.4, 0.5) is 4.79 Å². The normalized spacial score (nSPS) is 24.1. The first-order valence-electron chi connectivity index (χ1n) is 8.17. The minimum atomic E-state index is -0.664. The number of hydrogen-bond acceptors (Lipinski definition) is 3. The second kappa shape index (κ2) is 7.51. The van der Waals surface area contributed by atoms with E-state index in [1.54, 1.807) is 0 Å². The van der Waals surface area contributed by atoms with Gasteiger partial charge in [-0.15, -0.1) is 0 Å². The summed E-state index contributed by atoms with van der Waals surface area (Å²) in [5.74, 6) is 1.00. The van der Waals surface area contributed by atoms with Crippen LogP contribution in [0.3, 0.4) is 0 Å². The van der Waals surface area contributed by atoms with Crippen LogP contribution in [0, 0.1) is 5.92 Å². The van der Waals surface area contributed by atoms with E-state index in [9.17, 15) is 9.90 Å². The van der Waals surface area contributed by atoms with E-state index in [-0.39, 0.29) is 25.2 Å². The van der Waals surface area contributed by atoms with Gasteiger partial charge in [-0.3, -0.25) is 0 Å². The number of benzene rings is 1. The van der Waals surface area contributed by atoms with Crippen LogP contribution < -0.4 is 10.6 Å². The minimum Gasteiger partial charge on any atom is -0.389 e. The van der Waals surface area contributed by atoms with Gasteiger partial charge in [-0.25, -0.2) is 4.79 Å². The van der Waals surface area contributed by atoms with Gasteiger partial charge in [0.2, 0.25) is 0 Å². The van der Waals surface area contributed by atoms with Crippen molar-refractivity contribution < 1.29 is 14.6 Å². The molecule has 3 unspecified atom stereocenters. The Morgan fingerprint density at radius 2 is 2.26 bits per heavy atom. The SMILES string of the molecule is O=C(NCC(O)COCC1CC1)NC1CC1c1cccc(Cl)c1. The van der Waals surface area contributed by atoms with E-state index in [0.717, 1.165) is 12.0 Å². The molecule has 126 valence electrons. The summed E-state index contributed by atoms with van der Waals surface area (Å²) >= 11 is 5.98. The van der Waals surface area contributed by atoms with Crippen LogP contribution in [0.25, 0.3) is 0 Å². The van der Waals surface area contributed by atoms with Gasteiger partial charge in [0.05, 0.1) is 12.7 Å². The van der Waals surface area contributed by atoms with E-state index in [4.69, 9.17) is 16.3 Å². The van der Waals surface area contributed by atoms with Gasteiger partial charge in [0.25, 0.3) is 0 Å². The molecule has 0 aromatic heterocycles. The van der Waals surface area contributed by atoms with Crippen molar-refractivity contribution in [3.8, 4) is 0 Å². The Hall–Kier alpha value is -1.30. The van der Waals surface area contributed by atoms with Gasteiger partial charge in [-0.1, -0.05) is 23.7 Å². The summed E-state index contributed by atoms with van der Waals surface area (Å²) in [5.41, 5.74) is 1.15. The molecule has 3 atom stereocenters. The molecular formula is C17H23ClN2O3. The van der Waals surface area contributed by atoms with Crippen LogP contribution in [0.15, 0.2) is 24.3 Å². The molecule has 0 radical (unpaired) electrons. The molecule has 5 nitrogen and oxygen atoms in total. The fourth-order valence-corrected chi connectivity index (χ4v) is 2.80. The number of rotatable bonds is 8. The monoisotopic (exact) mass is 338 g/mol. The number of aliphatic hydroxyl groups is 1. The highest BCUT2D eigenvalue weighted by Crippen LogP contribution is 2.41. The van der Waals surface area contributed by atoms with Gasteiger partial charge < -0.3 is 20.5 Å². The molecular weight excluding hydrogens is 316 g/mol. The van der Waals surface area contributed by atoms with E-state index < -0.39 is 6.10 Å². The molecule has 0 bridgehead atoms. The lowest BCUT2D eigenvalue weighted by atomic mass is 10.1. The van der Waals surface area contributed by atoms with Crippen molar-refractivity contribution in [1.82, 2.24) is 10.6 Å². The summed E-state index contributed by atoms with van der Waals surface area (Å²) < 4.78 is 5.40. The average molecular weight is 339 g/mol. The smallest absolute Gasteiger partial charge is 0.315 e. The zero-order chi connectivity index (χ0) is 16.2. The van der Waals surface area contributed by atoms with Crippen molar-refractivity contribution >= 4 is 17.6 Å². The average Bonchev–Trinajstić information content (AvgIpc) is 3.41. The second-order valence-electron chi connectivity index (χ2n) is 6.49. The first-order chi connectivity index (χ1) is 11.1. The lowest BCUT2D eigenvalue weighted by molar-refractivity contribution is 0.0337. The number of aliphatic hydroxyl groups excluding tert-OH is 1. The van der Waals surface area contributed by atoms with E-state index in [2.05, 4.69) is 10.6 Å². The first-order valence-corrected chi connectivity index (χ1v) is 8.55. The Morgan fingerprint density at radius 1 is 1.43 bits per heavy atom. The van der Waals surface area contributed by atoms with Crippen LogP contribution >= 0.6 is 11.6 Å². The zero-order valence-electron chi connectivity index (χ0n) is 13.0. The lowest BCUT2D eigenvalue weighted by Crippen LogP contribution is -2.42. The van der Waals surface area contributed by atoms with E-state index >= 15 is 0 Å². The highest BCUT2D eigenvalue weighted by Gasteiger charge is 2.39. The fourth-order valence-electron chi connectivity index (χ4n) is 2.60. The topological polar surface area (TPSA) is 70.6 Å². The van der Waals surface area contributed by atoms with Crippen molar-refractivity contribution in [3.05, 3.63) is 34.9 Å². The quantitative estimate of drug-likeness (QED) is 0.681. The Labute approximate surface area is 141 Å². The Balaban J connectivity index is 1.30. The molecule has 0 heterocycles. The number of amides is 2. The molecule has 2 amide bonds. The molecule has 1 aromatic rings. The third kappa shape index (κ3) is 5.37. The number of ether oxygens (including phenoxy) is 1. The molecule has 2 fully saturated rings. The fraction of sp³-hybridized carbons (Fsp3) is 0.588. The maximum absolute atomic E-state index is 11.8. The number of carbonyl (C=O) groups is 1. The summed E-state index contributed by atoms with van der Waals surface area (Å²) in [6.45, 7) is 1.18. The first kappa shape index (κ1) is 16.6. The summed E-state index contributed by atoms with van der Waals surface area (Å²) in [6, 6.07) is 7.61. The number of nitrogens with one attached hydrogen (secondary N) is 2. The van der Waals surface area contributed by atoms with E-state index in [1.807, 2.05) is 24.3 Å². The molecule has 1 aromatic carbocycles. The number of carbonyl (C=O) groups excluding carboxylic acids is 1. The third-order valence-electron chi connectivity index (χ3n) is 4.24. The standard InChI is InChI=1S/C17H23ClN2O3/c18-13-3-1-2-12(6-13)15-7-16(15)20-17(22)19-8-14(21)10-23-9-11-4-5-11/h1-3,6,11,14-16,21H,4-5,7-10H2,(H2,19,20,22). The largest absolute Gasteiger partial charge is 0.389 e. The third-order valence-corrected chi connectivity index (χ3v) is 4.48. The molecule has 0 spiro atoms. The Kier molecular flexibility index (Phi) is 5.41. The summed E-state index contributed by atoms with van der Waals surface area (Å²) in [5, 5.41) is 16.1. The zero-order valence-corrected chi connectivity index (χ0v) is 13.8. The van der Waals surface area contributed by atoms with Gasteiger partial charge in [-0.2, -0.15) is 0 Å². The molecule has 2 saturated carbocycles. The number of urea groups is 1. The molecule has 0 saturated heterocycles. The highest BCUT2D eigenvalue weighted by molar-refractivity contribution is 6.30. The highest BCUT2D eigenvalue weighted by atomic mass is 35.5. The summed E-state index contributed by atoms with van der Waals surface area (Å²) in [4.78, 5) is 11.8. The number of halogens is 1.